The van der Waals surface area contributed by atoms with Gasteiger partial charge in [0.15, 0.2) is 0 Å². The number of aryl methyl sites for hydroxylation is 1. The Labute approximate surface area is 113 Å². The molecule has 0 aliphatic rings. The lowest BCUT2D eigenvalue weighted by atomic mass is 10.1. The van der Waals surface area contributed by atoms with Gasteiger partial charge in [-0.2, -0.15) is 0 Å². The summed E-state index contributed by atoms with van der Waals surface area (Å²) in [6, 6.07) is 9.04. The maximum absolute atomic E-state index is 12.5. The first-order valence-electron chi connectivity index (χ1n) is 6.12. The molecular formula is C16H17NO2. The number of carbonyl (C=O) groups excluding carboxylic acids is 1. The van der Waals surface area contributed by atoms with Gasteiger partial charge in [-0.05, 0) is 42.8 Å². The smallest absolute Gasteiger partial charge is 0.209 e. The molecule has 1 aromatic carbocycles. The number of carbonyl (C=O) groups is 1. The van der Waals surface area contributed by atoms with Crippen molar-refractivity contribution < 1.29 is 9.53 Å². The Morgan fingerprint density at radius 1 is 1.37 bits per heavy atom. The van der Waals surface area contributed by atoms with E-state index in [0.717, 1.165) is 11.3 Å². The van der Waals surface area contributed by atoms with Gasteiger partial charge in [0, 0.05) is 18.3 Å². The van der Waals surface area contributed by atoms with E-state index in [-0.39, 0.29) is 5.78 Å². The lowest BCUT2D eigenvalue weighted by Crippen LogP contribution is -2.08. The van der Waals surface area contributed by atoms with Gasteiger partial charge >= 0.3 is 0 Å². The standard InChI is InChI=1S/C16H17NO2/c1-4-9-17-11-12(2)10-15(17)16(18)13-5-7-14(19-3)8-6-13/h4-8,10-11H,1,9H2,2-3H3. The van der Waals surface area contributed by atoms with E-state index in [1.54, 1.807) is 37.5 Å². The molecule has 0 bridgehead atoms. The van der Waals surface area contributed by atoms with Crippen LogP contribution in [-0.2, 0) is 6.54 Å². The third-order valence-corrected chi connectivity index (χ3v) is 2.94. The van der Waals surface area contributed by atoms with Crippen LogP contribution in [0.5, 0.6) is 5.75 Å². The molecular weight excluding hydrogens is 238 g/mol. The average Bonchev–Trinajstić information content (AvgIpc) is 2.79. The number of benzene rings is 1. The topological polar surface area (TPSA) is 31.2 Å². The van der Waals surface area contributed by atoms with E-state index in [0.29, 0.717) is 17.8 Å². The second kappa shape index (κ2) is 5.57. The fourth-order valence-corrected chi connectivity index (χ4v) is 2.03. The summed E-state index contributed by atoms with van der Waals surface area (Å²) in [6.45, 7) is 6.32. The normalized spacial score (nSPS) is 10.2. The number of hydrogen-bond donors (Lipinski definition) is 0. The molecule has 0 saturated carbocycles. The van der Waals surface area contributed by atoms with Gasteiger partial charge in [0.05, 0.1) is 12.8 Å². The Morgan fingerprint density at radius 3 is 2.63 bits per heavy atom. The van der Waals surface area contributed by atoms with Gasteiger partial charge in [-0.1, -0.05) is 6.08 Å². The molecule has 0 N–H and O–H groups in total. The molecule has 1 aromatic heterocycles. The van der Waals surface area contributed by atoms with Gasteiger partial charge < -0.3 is 9.30 Å². The summed E-state index contributed by atoms with van der Waals surface area (Å²) in [5.41, 5.74) is 2.41. The minimum absolute atomic E-state index is 0.0117. The van der Waals surface area contributed by atoms with Gasteiger partial charge in [-0.3, -0.25) is 4.79 Å². The van der Waals surface area contributed by atoms with Crippen molar-refractivity contribution in [1.29, 1.82) is 0 Å². The molecule has 2 aromatic rings. The quantitative estimate of drug-likeness (QED) is 0.606. The molecule has 0 aliphatic heterocycles. The molecule has 0 radical (unpaired) electrons. The second-order valence-electron chi connectivity index (χ2n) is 4.40. The van der Waals surface area contributed by atoms with Crippen LogP contribution in [0.4, 0.5) is 0 Å². The third-order valence-electron chi connectivity index (χ3n) is 2.94. The van der Waals surface area contributed by atoms with Crippen molar-refractivity contribution in [3.8, 4) is 5.75 Å². The van der Waals surface area contributed by atoms with Crippen molar-refractivity contribution in [3.05, 3.63) is 66.0 Å². The zero-order valence-corrected chi connectivity index (χ0v) is 11.2. The van der Waals surface area contributed by atoms with Crippen molar-refractivity contribution in [2.45, 2.75) is 13.5 Å². The second-order valence-corrected chi connectivity index (χ2v) is 4.40. The van der Waals surface area contributed by atoms with Crippen molar-refractivity contribution in [1.82, 2.24) is 4.57 Å². The van der Waals surface area contributed by atoms with Crippen LogP contribution in [0.15, 0.2) is 49.2 Å². The van der Waals surface area contributed by atoms with E-state index in [2.05, 4.69) is 6.58 Å². The number of aromatic nitrogens is 1. The van der Waals surface area contributed by atoms with E-state index >= 15 is 0 Å². The monoisotopic (exact) mass is 255 g/mol. The minimum atomic E-state index is 0.0117. The molecule has 0 amide bonds. The molecule has 2 rings (SSSR count). The lowest BCUT2D eigenvalue weighted by molar-refractivity contribution is 0.103. The fraction of sp³-hybridized carbons (Fsp3) is 0.188. The lowest BCUT2D eigenvalue weighted by Gasteiger charge is -2.06. The molecule has 3 nitrogen and oxygen atoms in total. The van der Waals surface area contributed by atoms with Crippen LogP contribution in [0.2, 0.25) is 0 Å². The molecule has 0 saturated heterocycles. The van der Waals surface area contributed by atoms with E-state index in [1.807, 2.05) is 23.8 Å². The predicted octanol–water partition coefficient (Wildman–Crippen LogP) is 3.22. The van der Waals surface area contributed by atoms with Gasteiger partial charge in [0.1, 0.15) is 5.75 Å². The highest BCUT2D eigenvalue weighted by Crippen LogP contribution is 2.17. The third kappa shape index (κ3) is 2.76. The SMILES string of the molecule is C=CCn1cc(C)cc1C(=O)c1ccc(OC)cc1. The summed E-state index contributed by atoms with van der Waals surface area (Å²) in [7, 11) is 1.61. The van der Waals surface area contributed by atoms with Crippen LogP contribution in [-0.4, -0.2) is 17.5 Å². The van der Waals surface area contributed by atoms with Gasteiger partial charge in [-0.15, -0.1) is 6.58 Å². The summed E-state index contributed by atoms with van der Waals surface area (Å²) < 4.78 is 7.00. The largest absolute Gasteiger partial charge is 0.497 e. The van der Waals surface area contributed by atoms with Crippen molar-refractivity contribution in [2.24, 2.45) is 0 Å². The zero-order chi connectivity index (χ0) is 13.8. The summed E-state index contributed by atoms with van der Waals surface area (Å²) in [4.78, 5) is 12.5. The molecule has 0 unspecified atom stereocenters. The molecule has 98 valence electrons. The van der Waals surface area contributed by atoms with Crippen molar-refractivity contribution in [3.63, 3.8) is 0 Å². The number of rotatable bonds is 5. The number of nitrogens with zero attached hydrogens (tertiary/aromatic N) is 1. The molecule has 0 aliphatic carbocycles. The van der Waals surface area contributed by atoms with Crippen molar-refractivity contribution >= 4 is 5.78 Å². The summed E-state index contributed by atoms with van der Waals surface area (Å²) in [6.07, 6.45) is 3.74. The minimum Gasteiger partial charge on any atom is -0.497 e. The van der Waals surface area contributed by atoms with Gasteiger partial charge in [-0.25, -0.2) is 0 Å². The molecule has 19 heavy (non-hydrogen) atoms. The first-order valence-corrected chi connectivity index (χ1v) is 6.12. The van der Waals surface area contributed by atoms with E-state index in [9.17, 15) is 4.79 Å². The Bertz CT molecular complexity index is 594. The summed E-state index contributed by atoms with van der Waals surface area (Å²) >= 11 is 0. The van der Waals surface area contributed by atoms with Gasteiger partial charge in [0.2, 0.25) is 5.78 Å². The molecule has 3 heteroatoms. The molecule has 0 fully saturated rings. The Morgan fingerprint density at radius 2 is 2.05 bits per heavy atom. The summed E-state index contributed by atoms with van der Waals surface area (Å²) in [5, 5.41) is 0. The Kier molecular flexibility index (Phi) is 3.85. The highest BCUT2D eigenvalue weighted by Gasteiger charge is 2.14. The van der Waals surface area contributed by atoms with Crippen LogP contribution in [0.1, 0.15) is 21.6 Å². The van der Waals surface area contributed by atoms with E-state index in [4.69, 9.17) is 4.74 Å². The van der Waals surface area contributed by atoms with Crippen LogP contribution in [0, 0.1) is 6.92 Å². The first kappa shape index (κ1) is 13.1. The zero-order valence-electron chi connectivity index (χ0n) is 11.2. The van der Waals surface area contributed by atoms with Crippen molar-refractivity contribution in [2.75, 3.05) is 7.11 Å². The molecule has 0 spiro atoms. The highest BCUT2D eigenvalue weighted by molar-refractivity contribution is 6.08. The summed E-state index contributed by atoms with van der Waals surface area (Å²) in [5.74, 6) is 0.756. The van der Waals surface area contributed by atoms with Gasteiger partial charge in [0.25, 0.3) is 0 Å². The number of ether oxygens (including phenoxy) is 1. The van der Waals surface area contributed by atoms with Crippen LogP contribution < -0.4 is 4.74 Å². The Hall–Kier alpha value is -2.29. The number of hydrogen-bond acceptors (Lipinski definition) is 2. The fourth-order valence-electron chi connectivity index (χ4n) is 2.03. The molecule has 0 atom stereocenters. The first-order chi connectivity index (χ1) is 9.15. The maximum atomic E-state index is 12.5. The highest BCUT2D eigenvalue weighted by atomic mass is 16.5. The Balaban J connectivity index is 2.34. The van der Waals surface area contributed by atoms with Crippen LogP contribution in [0.3, 0.4) is 0 Å². The van der Waals surface area contributed by atoms with E-state index < -0.39 is 0 Å². The molecule has 1 heterocycles. The number of methoxy groups -OCH3 is 1. The van der Waals surface area contributed by atoms with Crippen LogP contribution in [0.25, 0.3) is 0 Å². The van der Waals surface area contributed by atoms with E-state index in [1.165, 1.54) is 0 Å². The number of allylic oxidation sites excluding steroid dienone is 1. The predicted molar refractivity (Wildman–Crippen MR) is 75.8 cm³/mol. The maximum Gasteiger partial charge on any atom is 0.209 e. The van der Waals surface area contributed by atoms with Crippen LogP contribution >= 0.6 is 0 Å². The number of ketones is 1. The average molecular weight is 255 g/mol.